The van der Waals surface area contributed by atoms with Crippen LogP contribution in [-0.2, 0) is 11.2 Å². The van der Waals surface area contributed by atoms with E-state index in [4.69, 9.17) is 9.47 Å². The lowest BCUT2D eigenvalue weighted by molar-refractivity contribution is -0.134. The molecule has 2 aromatic rings. The Morgan fingerprint density at radius 2 is 1.76 bits per heavy atom. The fourth-order valence-electron chi connectivity index (χ4n) is 3.93. The normalized spacial score (nSPS) is 17.2. The summed E-state index contributed by atoms with van der Waals surface area (Å²) in [4.78, 5) is 17.1. The standard InChI is InChI=1S/C24H32N2O3/c1-25-15-16-26(24(27)12-8-7-11-19-9-5-4-6-10-19)18-21(25)20-13-14-22(28-2)23(17-20)29-3/h4-6,9-10,13-14,17,21H,7-8,11-12,15-16,18H2,1-3H3. The quantitative estimate of drug-likeness (QED) is 0.634. The summed E-state index contributed by atoms with van der Waals surface area (Å²) in [5.74, 6) is 1.71. The fourth-order valence-corrected chi connectivity index (χ4v) is 3.93. The Balaban J connectivity index is 1.55. The molecule has 5 heteroatoms. The summed E-state index contributed by atoms with van der Waals surface area (Å²) in [7, 11) is 5.41. The highest BCUT2D eigenvalue weighted by Crippen LogP contribution is 2.33. The number of rotatable bonds is 8. The number of hydrogen-bond donors (Lipinski definition) is 0. The van der Waals surface area contributed by atoms with Crippen molar-refractivity contribution in [3.63, 3.8) is 0 Å². The number of nitrogens with zero attached hydrogens (tertiary/aromatic N) is 2. The summed E-state index contributed by atoms with van der Waals surface area (Å²) in [5.41, 5.74) is 2.49. The number of benzene rings is 2. The van der Waals surface area contributed by atoms with Gasteiger partial charge in [0.05, 0.1) is 20.3 Å². The molecule has 1 unspecified atom stereocenters. The number of unbranched alkanes of at least 4 members (excludes halogenated alkanes) is 1. The molecular weight excluding hydrogens is 364 g/mol. The van der Waals surface area contributed by atoms with Gasteiger partial charge in [-0.05, 0) is 49.6 Å². The zero-order valence-electron chi connectivity index (χ0n) is 17.8. The Morgan fingerprint density at radius 1 is 1.00 bits per heavy atom. The number of carbonyl (C=O) groups is 1. The molecule has 0 radical (unpaired) electrons. The van der Waals surface area contributed by atoms with Crippen LogP contribution in [0.2, 0.25) is 0 Å². The molecule has 1 aliphatic rings. The molecule has 0 aromatic heterocycles. The van der Waals surface area contributed by atoms with Crippen molar-refractivity contribution < 1.29 is 14.3 Å². The highest BCUT2D eigenvalue weighted by molar-refractivity contribution is 5.76. The SMILES string of the molecule is COc1ccc(C2CN(C(=O)CCCCc3ccccc3)CCN2C)cc1OC. The Morgan fingerprint density at radius 3 is 2.48 bits per heavy atom. The summed E-state index contributed by atoms with van der Waals surface area (Å²) in [6.45, 7) is 2.37. The van der Waals surface area contributed by atoms with E-state index in [-0.39, 0.29) is 11.9 Å². The number of aryl methyl sites for hydroxylation is 1. The Kier molecular flexibility index (Phi) is 7.53. The van der Waals surface area contributed by atoms with E-state index in [1.54, 1.807) is 14.2 Å². The third kappa shape index (κ3) is 5.51. The number of piperazine rings is 1. The maximum Gasteiger partial charge on any atom is 0.222 e. The second-order valence-corrected chi connectivity index (χ2v) is 7.64. The first kappa shape index (κ1) is 21.2. The molecule has 0 aliphatic carbocycles. The van der Waals surface area contributed by atoms with Gasteiger partial charge in [0.25, 0.3) is 0 Å². The minimum absolute atomic E-state index is 0.164. The van der Waals surface area contributed by atoms with Crippen molar-refractivity contribution in [1.82, 2.24) is 9.80 Å². The number of hydrogen-bond acceptors (Lipinski definition) is 4. The molecule has 2 aromatic carbocycles. The van der Waals surface area contributed by atoms with Crippen LogP contribution >= 0.6 is 0 Å². The highest BCUT2D eigenvalue weighted by Gasteiger charge is 2.28. The van der Waals surface area contributed by atoms with Crippen LogP contribution in [0.15, 0.2) is 48.5 Å². The summed E-state index contributed by atoms with van der Waals surface area (Å²) in [5, 5.41) is 0. The van der Waals surface area contributed by atoms with Crippen molar-refractivity contribution in [2.45, 2.75) is 31.7 Å². The maximum absolute atomic E-state index is 12.8. The lowest BCUT2D eigenvalue weighted by Crippen LogP contribution is -2.48. The van der Waals surface area contributed by atoms with Crippen LogP contribution in [0.5, 0.6) is 11.5 Å². The minimum atomic E-state index is 0.164. The van der Waals surface area contributed by atoms with Gasteiger partial charge in [-0.15, -0.1) is 0 Å². The molecule has 0 spiro atoms. The van der Waals surface area contributed by atoms with Gasteiger partial charge in [0.1, 0.15) is 0 Å². The van der Waals surface area contributed by atoms with E-state index >= 15 is 0 Å². The molecule has 1 heterocycles. The van der Waals surface area contributed by atoms with Gasteiger partial charge in [0.2, 0.25) is 5.91 Å². The van der Waals surface area contributed by atoms with Crippen molar-refractivity contribution in [2.75, 3.05) is 40.9 Å². The van der Waals surface area contributed by atoms with Gasteiger partial charge in [0, 0.05) is 26.1 Å². The van der Waals surface area contributed by atoms with Crippen molar-refractivity contribution in [1.29, 1.82) is 0 Å². The average Bonchev–Trinajstić information content (AvgIpc) is 2.77. The van der Waals surface area contributed by atoms with Gasteiger partial charge in [-0.25, -0.2) is 0 Å². The zero-order chi connectivity index (χ0) is 20.6. The minimum Gasteiger partial charge on any atom is -0.493 e. The van der Waals surface area contributed by atoms with E-state index in [0.29, 0.717) is 13.0 Å². The molecule has 156 valence electrons. The lowest BCUT2D eigenvalue weighted by atomic mass is 10.0. The van der Waals surface area contributed by atoms with E-state index in [0.717, 1.165) is 49.4 Å². The third-order valence-electron chi connectivity index (χ3n) is 5.74. The number of likely N-dealkylation sites (N-methyl/N-ethyl adjacent to an activating group) is 1. The molecule has 0 saturated carbocycles. The van der Waals surface area contributed by atoms with E-state index in [1.807, 2.05) is 23.1 Å². The van der Waals surface area contributed by atoms with Gasteiger partial charge >= 0.3 is 0 Å². The van der Waals surface area contributed by atoms with Crippen LogP contribution < -0.4 is 9.47 Å². The summed E-state index contributed by atoms with van der Waals surface area (Å²) >= 11 is 0. The monoisotopic (exact) mass is 396 g/mol. The molecule has 5 nitrogen and oxygen atoms in total. The van der Waals surface area contributed by atoms with Crippen molar-refractivity contribution in [3.05, 3.63) is 59.7 Å². The first-order valence-corrected chi connectivity index (χ1v) is 10.4. The Bertz CT molecular complexity index is 794. The second kappa shape index (κ2) is 10.3. The van der Waals surface area contributed by atoms with E-state index in [9.17, 15) is 4.79 Å². The molecule has 1 fully saturated rings. The maximum atomic E-state index is 12.8. The zero-order valence-corrected chi connectivity index (χ0v) is 17.8. The van der Waals surface area contributed by atoms with Crippen LogP contribution in [0.3, 0.4) is 0 Å². The number of carbonyl (C=O) groups excluding carboxylic acids is 1. The first-order valence-electron chi connectivity index (χ1n) is 10.4. The van der Waals surface area contributed by atoms with E-state index in [2.05, 4.69) is 42.3 Å². The molecule has 0 N–H and O–H groups in total. The first-order chi connectivity index (χ1) is 14.1. The molecular formula is C24H32N2O3. The summed E-state index contributed by atoms with van der Waals surface area (Å²) < 4.78 is 10.8. The number of ether oxygens (including phenoxy) is 2. The van der Waals surface area contributed by atoms with Gasteiger partial charge in [-0.2, -0.15) is 0 Å². The molecule has 3 rings (SSSR count). The van der Waals surface area contributed by atoms with Gasteiger partial charge in [0.15, 0.2) is 11.5 Å². The highest BCUT2D eigenvalue weighted by atomic mass is 16.5. The molecule has 29 heavy (non-hydrogen) atoms. The van der Waals surface area contributed by atoms with Gasteiger partial charge < -0.3 is 14.4 Å². The average molecular weight is 397 g/mol. The number of methoxy groups -OCH3 is 2. The Labute approximate surface area is 174 Å². The van der Waals surface area contributed by atoms with Crippen LogP contribution in [0.25, 0.3) is 0 Å². The van der Waals surface area contributed by atoms with E-state index in [1.165, 1.54) is 5.56 Å². The largest absolute Gasteiger partial charge is 0.493 e. The molecule has 1 aliphatic heterocycles. The van der Waals surface area contributed by atoms with Gasteiger partial charge in [-0.1, -0.05) is 36.4 Å². The summed E-state index contributed by atoms with van der Waals surface area (Å²) in [6.07, 6.45) is 3.63. The topological polar surface area (TPSA) is 42.0 Å². The van der Waals surface area contributed by atoms with Crippen molar-refractivity contribution in [2.24, 2.45) is 0 Å². The second-order valence-electron chi connectivity index (χ2n) is 7.64. The van der Waals surface area contributed by atoms with Crippen LogP contribution in [0, 0.1) is 0 Å². The number of amides is 1. The van der Waals surface area contributed by atoms with Crippen LogP contribution in [0.4, 0.5) is 0 Å². The molecule has 1 saturated heterocycles. The molecule has 1 atom stereocenters. The Hall–Kier alpha value is -2.53. The van der Waals surface area contributed by atoms with Crippen molar-refractivity contribution >= 4 is 5.91 Å². The summed E-state index contributed by atoms with van der Waals surface area (Å²) in [6, 6.07) is 16.7. The van der Waals surface area contributed by atoms with E-state index < -0.39 is 0 Å². The molecule has 1 amide bonds. The molecule has 0 bridgehead atoms. The predicted octanol–water partition coefficient (Wildman–Crippen LogP) is 3.93. The van der Waals surface area contributed by atoms with Gasteiger partial charge in [-0.3, -0.25) is 9.69 Å². The van der Waals surface area contributed by atoms with Crippen LogP contribution in [-0.4, -0.2) is 56.6 Å². The third-order valence-corrected chi connectivity index (χ3v) is 5.74. The predicted molar refractivity (Wildman–Crippen MR) is 115 cm³/mol. The fraction of sp³-hybridized carbons (Fsp3) is 0.458. The van der Waals surface area contributed by atoms with Crippen LogP contribution in [0.1, 0.15) is 36.4 Å². The smallest absolute Gasteiger partial charge is 0.222 e. The van der Waals surface area contributed by atoms with Crippen molar-refractivity contribution in [3.8, 4) is 11.5 Å². The lowest BCUT2D eigenvalue weighted by Gasteiger charge is -2.40.